The quantitative estimate of drug-likeness (QED) is 0.331. The van der Waals surface area contributed by atoms with E-state index in [1.54, 1.807) is 0 Å². The Morgan fingerprint density at radius 1 is 2.00 bits per heavy atom. The van der Waals surface area contributed by atoms with Crippen molar-refractivity contribution in [2.75, 3.05) is 0 Å². The van der Waals surface area contributed by atoms with Crippen molar-refractivity contribution in [2.24, 2.45) is 0 Å². The highest BCUT2D eigenvalue weighted by Crippen LogP contribution is 1.72. The Hall–Kier alpha value is 0.415. The zero-order valence-corrected chi connectivity index (χ0v) is 3.16. The summed E-state index contributed by atoms with van der Waals surface area (Å²) in [6, 6.07) is 0. The molecule has 0 aliphatic carbocycles. The van der Waals surface area contributed by atoms with Crippen LogP contribution < -0.4 is 0 Å². The Morgan fingerprint density at radius 2 is 2.25 bits per heavy atom. The van der Waals surface area contributed by atoms with Gasteiger partial charge in [0.15, 0.2) is 0 Å². The Balaban J connectivity index is 1.97. The van der Waals surface area contributed by atoms with Crippen molar-refractivity contribution in [3.05, 3.63) is 0 Å². The Bertz CT molecular complexity index is 8.00. The molecule has 1 radical (unpaired) electrons. The van der Waals surface area contributed by atoms with Crippen molar-refractivity contribution in [2.45, 2.75) is 0 Å². The second-order valence-corrected chi connectivity index (χ2v) is 0.514. The molecule has 0 aromatic heterocycles. The first-order valence-electron chi connectivity index (χ1n) is 0.730. The fourth-order valence-electron chi connectivity index (χ4n) is 0. The van der Waals surface area contributed by atoms with Crippen LogP contribution in [0.15, 0.2) is 0 Å². The average Bonchev–Trinajstić information content (AvgIpc) is 1.37. The molecular weight excluding hydrogens is 73.8 g/mol. The molecule has 0 heterocycles. The SMILES string of the molecule is O[B]OP. The van der Waals surface area contributed by atoms with Crippen LogP contribution in [0.3, 0.4) is 0 Å². The first-order chi connectivity index (χ1) is 1.91. The van der Waals surface area contributed by atoms with Crippen LogP contribution in [0, 0.1) is 0 Å². The van der Waals surface area contributed by atoms with Crippen molar-refractivity contribution < 1.29 is 9.47 Å². The molecule has 0 bridgehead atoms. The molecule has 0 fully saturated rings. The zero-order chi connectivity index (χ0) is 3.41. The van der Waals surface area contributed by atoms with E-state index in [2.05, 4.69) is 4.44 Å². The molecule has 0 aromatic carbocycles. The summed E-state index contributed by atoms with van der Waals surface area (Å²) in [6.45, 7) is 0. The summed E-state index contributed by atoms with van der Waals surface area (Å²) in [5.41, 5.74) is 0. The van der Waals surface area contributed by atoms with Gasteiger partial charge in [-0.1, -0.05) is 0 Å². The van der Waals surface area contributed by atoms with Crippen LogP contribution in [-0.2, 0) is 4.44 Å². The van der Waals surface area contributed by atoms with Crippen molar-refractivity contribution >= 4 is 17.2 Å². The molecule has 2 nitrogen and oxygen atoms in total. The van der Waals surface area contributed by atoms with Crippen molar-refractivity contribution in [3.8, 4) is 0 Å². The summed E-state index contributed by atoms with van der Waals surface area (Å²) in [6.07, 6.45) is 0. The van der Waals surface area contributed by atoms with Crippen LogP contribution >= 0.6 is 9.47 Å². The van der Waals surface area contributed by atoms with Gasteiger partial charge >= 0.3 is 7.69 Å². The zero-order valence-electron chi connectivity index (χ0n) is 2.01. The third-order valence-electron chi connectivity index (χ3n) is 0.0609. The van der Waals surface area contributed by atoms with Gasteiger partial charge < -0.3 is 9.47 Å². The third-order valence-corrected chi connectivity index (χ3v) is 0.183. The van der Waals surface area contributed by atoms with Gasteiger partial charge in [0.05, 0.1) is 0 Å². The third kappa shape index (κ3) is 2.41. The van der Waals surface area contributed by atoms with Crippen LogP contribution in [0.2, 0.25) is 0 Å². The smallest absolute Gasteiger partial charge is 0.429 e. The second-order valence-electron chi connectivity index (χ2n) is 0.241. The number of rotatable bonds is 1. The van der Waals surface area contributed by atoms with Gasteiger partial charge in [-0.05, 0) is 9.47 Å². The average molecular weight is 76.8 g/mol. The molecule has 0 saturated carbocycles. The van der Waals surface area contributed by atoms with Gasteiger partial charge in [0.25, 0.3) is 0 Å². The Kier molecular flexibility index (Phi) is 3.77. The molecule has 0 spiro atoms. The molecule has 0 aliphatic heterocycles. The monoisotopic (exact) mass is 77.0 g/mol. The van der Waals surface area contributed by atoms with Crippen LogP contribution in [0.25, 0.3) is 0 Å². The Morgan fingerprint density at radius 3 is 2.25 bits per heavy atom. The van der Waals surface area contributed by atoms with E-state index in [1.165, 1.54) is 0 Å². The number of hydrogen-bond donors (Lipinski definition) is 1. The summed E-state index contributed by atoms with van der Waals surface area (Å²) in [5, 5.41) is 7.51. The Labute approximate surface area is 27.8 Å². The van der Waals surface area contributed by atoms with Crippen molar-refractivity contribution in [1.82, 2.24) is 0 Å². The maximum absolute atomic E-state index is 7.51. The lowest BCUT2D eigenvalue weighted by Gasteiger charge is -1.70. The molecule has 1 atom stereocenters. The normalized spacial score (nSPS) is 6.50. The van der Waals surface area contributed by atoms with Gasteiger partial charge in [-0.15, -0.1) is 0 Å². The summed E-state index contributed by atoms with van der Waals surface area (Å²) in [7, 11) is 2.44. The molecule has 0 saturated heterocycles. The molecule has 0 rings (SSSR count). The van der Waals surface area contributed by atoms with E-state index in [9.17, 15) is 0 Å². The first kappa shape index (κ1) is 4.41. The van der Waals surface area contributed by atoms with E-state index >= 15 is 0 Å². The van der Waals surface area contributed by atoms with Crippen LogP contribution in [-0.4, -0.2) is 12.7 Å². The lowest BCUT2D eigenvalue weighted by atomic mass is 10.5. The lowest BCUT2D eigenvalue weighted by Crippen LogP contribution is -1.79. The van der Waals surface area contributed by atoms with Crippen LogP contribution in [0.4, 0.5) is 0 Å². The van der Waals surface area contributed by atoms with Crippen molar-refractivity contribution in [3.63, 3.8) is 0 Å². The fourth-order valence-corrected chi connectivity index (χ4v) is 0. The van der Waals surface area contributed by atoms with Crippen LogP contribution in [0.5, 0.6) is 0 Å². The topological polar surface area (TPSA) is 29.5 Å². The molecular formula is H3BO2P. The summed E-state index contributed by atoms with van der Waals surface area (Å²) < 4.78 is 3.89. The minimum Gasteiger partial charge on any atom is -0.429 e. The molecule has 1 unspecified atom stereocenters. The van der Waals surface area contributed by atoms with Gasteiger partial charge in [0, 0.05) is 0 Å². The molecule has 0 aliphatic rings. The molecule has 23 valence electrons. The molecule has 1 N–H and O–H groups in total. The van der Waals surface area contributed by atoms with Crippen molar-refractivity contribution in [1.29, 1.82) is 0 Å². The van der Waals surface area contributed by atoms with E-state index in [0.29, 0.717) is 7.69 Å². The van der Waals surface area contributed by atoms with Gasteiger partial charge in [-0.25, -0.2) is 0 Å². The van der Waals surface area contributed by atoms with E-state index < -0.39 is 0 Å². The predicted octanol–water partition coefficient (Wildman–Crippen LogP) is -0.680. The van der Waals surface area contributed by atoms with E-state index in [1.807, 2.05) is 9.47 Å². The highest BCUT2D eigenvalue weighted by molar-refractivity contribution is 7.11. The molecule has 4 heavy (non-hydrogen) atoms. The highest BCUT2D eigenvalue weighted by Gasteiger charge is 1.66. The maximum Gasteiger partial charge on any atom is 0.488 e. The summed E-state index contributed by atoms with van der Waals surface area (Å²) >= 11 is 0. The van der Waals surface area contributed by atoms with E-state index in [4.69, 9.17) is 5.02 Å². The second kappa shape index (κ2) is 3.41. The molecule has 0 aromatic rings. The first-order valence-corrected chi connectivity index (χ1v) is 1.20. The number of hydrogen-bond acceptors (Lipinski definition) is 2. The molecule has 4 heteroatoms. The summed E-state index contributed by atoms with van der Waals surface area (Å²) in [4.78, 5) is 0. The van der Waals surface area contributed by atoms with Crippen LogP contribution in [0.1, 0.15) is 0 Å². The predicted molar refractivity (Wildman–Crippen MR) is 18.8 cm³/mol. The standard InChI is InChI=1S/BH3O2P/c2-1-3-4/h2H,4H2. The van der Waals surface area contributed by atoms with Gasteiger partial charge in [0.1, 0.15) is 0 Å². The van der Waals surface area contributed by atoms with Gasteiger partial charge in [0.2, 0.25) is 0 Å². The summed E-state index contributed by atoms with van der Waals surface area (Å²) in [5.74, 6) is 0. The maximum atomic E-state index is 7.51. The minimum atomic E-state index is 0.588. The fraction of sp³-hybridized carbons (Fsp3) is 0. The minimum absolute atomic E-state index is 0.588. The van der Waals surface area contributed by atoms with E-state index in [0.717, 1.165) is 0 Å². The highest BCUT2D eigenvalue weighted by atomic mass is 31.0. The lowest BCUT2D eigenvalue weighted by molar-refractivity contribution is 0.490. The van der Waals surface area contributed by atoms with E-state index in [-0.39, 0.29) is 0 Å². The largest absolute Gasteiger partial charge is 0.488 e. The molecule has 0 amide bonds. The van der Waals surface area contributed by atoms with Gasteiger partial charge in [-0.2, -0.15) is 0 Å². The van der Waals surface area contributed by atoms with Gasteiger partial charge in [-0.3, -0.25) is 0 Å².